The summed E-state index contributed by atoms with van der Waals surface area (Å²) in [7, 11) is 1.65. The van der Waals surface area contributed by atoms with Crippen LogP contribution in [0.4, 0.5) is 5.69 Å². The number of carbonyl (C=O) groups excluding carboxylic acids is 1. The topological polar surface area (TPSA) is 70.1 Å². The number of fused-ring (bicyclic) bond motifs is 2. The normalized spacial score (nSPS) is 30.5. The van der Waals surface area contributed by atoms with Crippen LogP contribution in [0.3, 0.4) is 0 Å². The van der Waals surface area contributed by atoms with E-state index in [9.17, 15) is 14.7 Å². The summed E-state index contributed by atoms with van der Waals surface area (Å²) in [6.45, 7) is 2.86. The lowest BCUT2D eigenvalue weighted by molar-refractivity contribution is -0.153. The molecular weight excluding hydrogens is 332 g/mol. The number of methoxy groups -OCH3 is 1. The van der Waals surface area contributed by atoms with Crippen molar-refractivity contribution in [3.8, 4) is 5.75 Å². The number of benzene rings is 1. The van der Waals surface area contributed by atoms with Gasteiger partial charge in [0.05, 0.1) is 18.9 Å². The number of hydrogen-bond donors (Lipinski definition) is 1. The van der Waals surface area contributed by atoms with Crippen LogP contribution in [0.1, 0.15) is 19.3 Å². The molecule has 0 radical (unpaired) electrons. The molecule has 1 aromatic carbocycles. The standard InChI is InChI=1S/C20H26N2O4/c1-26-16-6-4-15(5-7-16)21-8-10-22(11-9-21)19(23)17-13-2-3-14(12-13)18(17)20(24)25/h4-7,13-14,17-18H,2-3,8-12H2,1H3,(H,24,25)/t13-,14-,17-,18+/m1/s1. The van der Waals surface area contributed by atoms with E-state index in [1.54, 1.807) is 7.11 Å². The van der Waals surface area contributed by atoms with E-state index in [4.69, 9.17) is 4.74 Å². The lowest BCUT2D eigenvalue weighted by Crippen LogP contribution is -2.52. The molecule has 140 valence electrons. The second-order valence-electron chi connectivity index (χ2n) is 7.73. The maximum Gasteiger partial charge on any atom is 0.307 e. The minimum absolute atomic E-state index is 0.0685. The Bertz CT molecular complexity index is 682. The smallest absolute Gasteiger partial charge is 0.307 e. The van der Waals surface area contributed by atoms with E-state index in [1.807, 2.05) is 29.2 Å². The van der Waals surface area contributed by atoms with E-state index in [0.717, 1.165) is 43.8 Å². The number of ether oxygens (including phenoxy) is 1. The predicted octanol–water partition coefficient (Wildman–Crippen LogP) is 2.09. The summed E-state index contributed by atoms with van der Waals surface area (Å²) in [4.78, 5) is 28.9. The van der Waals surface area contributed by atoms with Gasteiger partial charge in [0.15, 0.2) is 0 Å². The van der Waals surface area contributed by atoms with Crippen LogP contribution in [0.25, 0.3) is 0 Å². The Kier molecular flexibility index (Phi) is 4.51. The van der Waals surface area contributed by atoms with E-state index in [2.05, 4.69) is 4.90 Å². The van der Waals surface area contributed by atoms with Gasteiger partial charge in [-0.05, 0) is 55.4 Å². The first-order chi connectivity index (χ1) is 12.6. The highest BCUT2D eigenvalue weighted by molar-refractivity contribution is 5.86. The number of carboxylic acid groups (broad SMARTS) is 1. The van der Waals surface area contributed by atoms with Gasteiger partial charge < -0.3 is 19.6 Å². The number of piperazine rings is 1. The summed E-state index contributed by atoms with van der Waals surface area (Å²) in [5, 5.41) is 9.60. The average molecular weight is 358 g/mol. The number of aliphatic carboxylic acids is 1. The van der Waals surface area contributed by atoms with Crippen molar-refractivity contribution in [1.29, 1.82) is 0 Å². The number of carbonyl (C=O) groups is 2. The molecule has 2 saturated carbocycles. The van der Waals surface area contributed by atoms with E-state index < -0.39 is 11.9 Å². The van der Waals surface area contributed by atoms with E-state index >= 15 is 0 Å². The first-order valence-electron chi connectivity index (χ1n) is 9.49. The summed E-state index contributed by atoms with van der Waals surface area (Å²) < 4.78 is 5.20. The molecule has 1 heterocycles. The molecular formula is C20H26N2O4. The van der Waals surface area contributed by atoms with Crippen molar-refractivity contribution in [3.63, 3.8) is 0 Å². The molecule has 1 N–H and O–H groups in total. The van der Waals surface area contributed by atoms with Crippen molar-refractivity contribution in [2.24, 2.45) is 23.7 Å². The zero-order chi connectivity index (χ0) is 18.3. The third kappa shape index (κ3) is 2.91. The van der Waals surface area contributed by atoms with Gasteiger partial charge in [0.2, 0.25) is 5.91 Å². The molecule has 6 heteroatoms. The van der Waals surface area contributed by atoms with Gasteiger partial charge in [-0.2, -0.15) is 0 Å². The third-order valence-electron chi connectivity index (χ3n) is 6.52. The van der Waals surface area contributed by atoms with Crippen LogP contribution >= 0.6 is 0 Å². The van der Waals surface area contributed by atoms with Crippen molar-refractivity contribution in [2.45, 2.75) is 19.3 Å². The van der Waals surface area contributed by atoms with E-state index in [0.29, 0.717) is 13.1 Å². The number of hydrogen-bond acceptors (Lipinski definition) is 4. The molecule has 6 nitrogen and oxygen atoms in total. The zero-order valence-corrected chi connectivity index (χ0v) is 15.1. The van der Waals surface area contributed by atoms with Gasteiger partial charge in [-0.3, -0.25) is 9.59 Å². The van der Waals surface area contributed by atoms with Crippen LogP contribution in [0.15, 0.2) is 24.3 Å². The van der Waals surface area contributed by atoms with Gasteiger partial charge in [-0.1, -0.05) is 0 Å². The third-order valence-corrected chi connectivity index (χ3v) is 6.52. The lowest BCUT2D eigenvalue weighted by Gasteiger charge is -2.39. The molecule has 3 fully saturated rings. The Morgan fingerprint density at radius 1 is 1.00 bits per heavy atom. The second-order valence-corrected chi connectivity index (χ2v) is 7.73. The molecule has 0 spiro atoms. The summed E-state index contributed by atoms with van der Waals surface area (Å²) in [5.41, 5.74) is 1.13. The lowest BCUT2D eigenvalue weighted by atomic mass is 9.78. The highest BCUT2D eigenvalue weighted by atomic mass is 16.5. The van der Waals surface area contributed by atoms with Crippen molar-refractivity contribution >= 4 is 17.6 Å². The molecule has 2 bridgehead atoms. The fourth-order valence-electron chi connectivity index (χ4n) is 5.19. The Labute approximate surface area is 153 Å². The number of rotatable bonds is 4. The monoisotopic (exact) mass is 358 g/mol. The van der Waals surface area contributed by atoms with Gasteiger partial charge >= 0.3 is 5.97 Å². The summed E-state index contributed by atoms with van der Waals surface area (Å²) >= 11 is 0. The Morgan fingerprint density at radius 2 is 1.62 bits per heavy atom. The molecule has 1 aliphatic heterocycles. The molecule has 4 rings (SSSR count). The predicted molar refractivity (Wildman–Crippen MR) is 97.2 cm³/mol. The molecule has 1 amide bonds. The van der Waals surface area contributed by atoms with Crippen LogP contribution in [0.5, 0.6) is 5.75 Å². The van der Waals surface area contributed by atoms with Crippen LogP contribution in [0, 0.1) is 23.7 Å². The van der Waals surface area contributed by atoms with Crippen LogP contribution < -0.4 is 9.64 Å². The van der Waals surface area contributed by atoms with Crippen molar-refractivity contribution in [1.82, 2.24) is 4.90 Å². The van der Waals surface area contributed by atoms with E-state index in [-0.39, 0.29) is 23.7 Å². The summed E-state index contributed by atoms with van der Waals surface area (Å²) in [6.07, 6.45) is 2.90. The largest absolute Gasteiger partial charge is 0.497 e. The summed E-state index contributed by atoms with van der Waals surface area (Å²) in [5.74, 6) is -0.190. The molecule has 26 heavy (non-hydrogen) atoms. The fourth-order valence-corrected chi connectivity index (χ4v) is 5.19. The highest BCUT2D eigenvalue weighted by Gasteiger charge is 2.54. The molecule has 3 aliphatic rings. The number of nitrogens with zero attached hydrogens (tertiary/aromatic N) is 2. The van der Waals surface area contributed by atoms with Crippen LogP contribution in [0.2, 0.25) is 0 Å². The van der Waals surface area contributed by atoms with Crippen molar-refractivity contribution < 1.29 is 19.4 Å². The minimum Gasteiger partial charge on any atom is -0.497 e. The van der Waals surface area contributed by atoms with Crippen molar-refractivity contribution in [2.75, 3.05) is 38.2 Å². The Balaban J connectivity index is 1.39. The first kappa shape index (κ1) is 17.2. The molecule has 1 aromatic rings. The Hall–Kier alpha value is -2.24. The zero-order valence-electron chi connectivity index (χ0n) is 15.1. The number of anilines is 1. The molecule has 4 atom stereocenters. The maximum atomic E-state index is 13.1. The van der Waals surface area contributed by atoms with Crippen LogP contribution in [-0.4, -0.2) is 55.2 Å². The molecule has 0 aromatic heterocycles. The quantitative estimate of drug-likeness (QED) is 0.892. The van der Waals surface area contributed by atoms with Gasteiger partial charge in [-0.25, -0.2) is 0 Å². The highest BCUT2D eigenvalue weighted by Crippen LogP contribution is 2.53. The number of carboxylic acids is 1. The number of amides is 1. The van der Waals surface area contributed by atoms with Crippen LogP contribution in [-0.2, 0) is 9.59 Å². The molecule has 1 saturated heterocycles. The summed E-state index contributed by atoms with van der Waals surface area (Å²) in [6, 6.07) is 7.96. The first-order valence-corrected chi connectivity index (χ1v) is 9.49. The Morgan fingerprint density at radius 3 is 2.19 bits per heavy atom. The average Bonchev–Trinajstić information content (AvgIpc) is 3.29. The van der Waals surface area contributed by atoms with Gasteiger partial charge in [0.1, 0.15) is 5.75 Å². The fraction of sp³-hybridized carbons (Fsp3) is 0.600. The SMILES string of the molecule is COc1ccc(N2CCN(C(=O)[C@@H]3[C@@H]4CC[C@H](C4)[C@@H]3C(=O)O)CC2)cc1. The maximum absolute atomic E-state index is 13.1. The van der Waals surface area contributed by atoms with Gasteiger partial charge in [-0.15, -0.1) is 0 Å². The molecule has 0 unspecified atom stereocenters. The second kappa shape index (κ2) is 6.82. The van der Waals surface area contributed by atoms with E-state index in [1.165, 1.54) is 0 Å². The van der Waals surface area contributed by atoms with Gasteiger partial charge in [0, 0.05) is 31.9 Å². The minimum atomic E-state index is -0.785. The molecule has 2 aliphatic carbocycles. The van der Waals surface area contributed by atoms with Crippen molar-refractivity contribution in [3.05, 3.63) is 24.3 Å². The van der Waals surface area contributed by atoms with Gasteiger partial charge in [0.25, 0.3) is 0 Å².